The van der Waals surface area contributed by atoms with Crippen molar-refractivity contribution in [1.82, 2.24) is 4.98 Å². The molecule has 0 atom stereocenters. The van der Waals surface area contributed by atoms with Crippen molar-refractivity contribution in [2.45, 2.75) is 4.90 Å². The van der Waals surface area contributed by atoms with Crippen molar-refractivity contribution in [3.8, 4) is 0 Å². The Morgan fingerprint density at radius 2 is 1.59 bits per heavy atom. The van der Waals surface area contributed by atoms with E-state index in [4.69, 9.17) is 5.14 Å². The van der Waals surface area contributed by atoms with Crippen molar-refractivity contribution < 1.29 is 8.42 Å². The summed E-state index contributed by atoms with van der Waals surface area (Å²) in [5.74, 6) is 0. The number of benzene rings is 2. The van der Waals surface area contributed by atoms with Crippen LogP contribution in [0, 0.1) is 0 Å². The lowest BCUT2D eigenvalue weighted by Gasteiger charge is -2.38. The molecule has 0 aliphatic carbocycles. The van der Waals surface area contributed by atoms with Crippen molar-refractivity contribution in [1.29, 1.82) is 0 Å². The van der Waals surface area contributed by atoms with Crippen molar-refractivity contribution in [2.75, 3.05) is 36.0 Å². The number of hydrogen-bond donors (Lipinski definition) is 1. The summed E-state index contributed by atoms with van der Waals surface area (Å²) < 4.78 is 24.8. The van der Waals surface area contributed by atoms with Gasteiger partial charge in [0.15, 0.2) is 0 Å². The normalized spacial score (nSPS) is 15.3. The molecule has 0 unspecified atom stereocenters. The number of halogens is 1. The molecule has 140 valence electrons. The van der Waals surface area contributed by atoms with Gasteiger partial charge >= 0.3 is 0 Å². The number of anilines is 2. The van der Waals surface area contributed by atoms with Crippen LogP contribution in [0.4, 0.5) is 11.4 Å². The van der Waals surface area contributed by atoms with Gasteiger partial charge in [-0.2, -0.15) is 0 Å². The van der Waals surface area contributed by atoms with Gasteiger partial charge in [0.25, 0.3) is 0 Å². The molecule has 8 heteroatoms. The third-order valence-corrected chi connectivity index (χ3v) is 6.27. The molecule has 2 N–H and O–H groups in total. The number of piperazine rings is 1. The fourth-order valence-electron chi connectivity index (χ4n) is 3.53. The quantitative estimate of drug-likeness (QED) is 0.668. The second-order valence-electron chi connectivity index (χ2n) is 6.48. The molecular weight excluding hydrogens is 428 g/mol. The molecule has 27 heavy (non-hydrogen) atoms. The smallest absolute Gasteiger partial charge is 0.240 e. The lowest BCUT2D eigenvalue weighted by Crippen LogP contribution is -2.47. The van der Waals surface area contributed by atoms with Crippen LogP contribution in [0.25, 0.3) is 10.9 Å². The van der Waals surface area contributed by atoms with Crippen LogP contribution in [0.3, 0.4) is 0 Å². The Bertz CT molecular complexity index is 1100. The van der Waals surface area contributed by atoms with Crippen LogP contribution < -0.4 is 14.9 Å². The molecule has 0 spiro atoms. The number of nitrogens with two attached hydrogens (primary N) is 1. The number of aromatic nitrogens is 1. The van der Waals surface area contributed by atoms with Gasteiger partial charge in [-0.1, -0.05) is 28.1 Å². The summed E-state index contributed by atoms with van der Waals surface area (Å²) in [4.78, 5) is 9.02. The van der Waals surface area contributed by atoms with E-state index in [-0.39, 0.29) is 4.90 Å². The zero-order valence-corrected chi connectivity index (χ0v) is 16.9. The van der Waals surface area contributed by atoms with E-state index in [2.05, 4.69) is 36.8 Å². The van der Waals surface area contributed by atoms with E-state index in [9.17, 15) is 8.42 Å². The van der Waals surface area contributed by atoms with E-state index in [0.717, 1.165) is 34.2 Å². The number of para-hydroxylation sites is 1. The van der Waals surface area contributed by atoms with Crippen molar-refractivity contribution >= 4 is 48.2 Å². The molecule has 1 aliphatic rings. The van der Waals surface area contributed by atoms with E-state index in [1.807, 2.05) is 36.5 Å². The maximum atomic E-state index is 11.9. The molecule has 1 fully saturated rings. The van der Waals surface area contributed by atoms with E-state index >= 15 is 0 Å². The summed E-state index contributed by atoms with van der Waals surface area (Å²) in [5.41, 5.74) is 2.76. The molecule has 0 bridgehead atoms. The number of fused-ring (bicyclic) bond motifs is 1. The fraction of sp³-hybridized carbons (Fsp3) is 0.211. The van der Waals surface area contributed by atoms with Crippen LogP contribution in [0.5, 0.6) is 0 Å². The van der Waals surface area contributed by atoms with Gasteiger partial charge in [0.05, 0.1) is 11.2 Å². The molecule has 0 radical (unpaired) electrons. The van der Waals surface area contributed by atoms with E-state index in [1.54, 1.807) is 12.1 Å². The van der Waals surface area contributed by atoms with Crippen LogP contribution in [-0.4, -0.2) is 39.6 Å². The SMILES string of the molecule is NS(=O)(=O)c1ccccc1N1CCN(c2ccnc3cc(Br)ccc23)CC1. The van der Waals surface area contributed by atoms with Crippen molar-refractivity contribution in [3.05, 3.63) is 59.2 Å². The van der Waals surface area contributed by atoms with E-state index in [1.165, 1.54) is 0 Å². The average molecular weight is 447 g/mol. The number of pyridine rings is 1. The summed E-state index contributed by atoms with van der Waals surface area (Å²) in [6, 6.07) is 15.0. The molecule has 1 aromatic heterocycles. The Labute approximate surface area is 166 Å². The number of nitrogens with zero attached hydrogens (tertiary/aromatic N) is 3. The summed E-state index contributed by atoms with van der Waals surface area (Å²) in [7, 11) is -3.75. The summed E-state index contributed by atoms with van der Waals surface area (Å²) >= 11 is 3.49. The Morgan fingerprint density at radius 3 is 2.30 bits per heavy atom. The number of hydrogen-bond acceptors (Lipinski definition) is 5. The van der Waals surface area contributed by atoms with Gasteiger partial charge in [-0.15, -0.1) is 0 Å². The molecule has 0 amide bonds. The molecule has 2 aromatic carbocycles. The molecule has 2 heterocycles. The molecule has 1 aliphatic heterocycles. The van der Waals surface area contributed by atoms with Gasteiger partial charge in [0, 0.05) is 47.9 Å². The fourth-order valence-corrected chi connectivity index (χ4v) is 4.64. The van der Waals surface area contributed by atoms with E-state index in [0.29, 0.717) is 18.8 Å². The minimum Gasteiger partial charge on any atom is -0.367 e. The van der Waals surface area contributed by atoms with Gasteiger partial charge in [-0.05, 0) is 36.4 Å². The Hall–Kier alpha value is -2.16. The third kappa shape index (κ3) is 3.65. The topological polar surface area (TPSA) is 79.5 Å². The number of rotatable bonds is 3. The zero-order chi connectivity index (χ0) is 19.0. The highest BCUT2D eigenvalue weighted by atomic mass is 79.9. The van der Waals surface area contributed by atoms with Gasteiger partial charge in [-0.25, -0.2) is 13.6 Å². The third-order valence-electron chi connectivity index (χ3n) is 4.81. The van der Waals surface area contributed by atoms with Crippen LogP contribution in [0.15, 0.2) is 64.1 Å². The highest BCUT2D eigenvalue weighted by Gasteiger charge is 2.23. The number of primary sulfonamides is 1. The second kappa shape index (κ2) is 7.10. The maximum absolute atomic E-state index is 11.9. The number of sulfonamides is 1. The van der Waals surface area contributed by atoms with Gasteiger partial charge in [0.1, 0.15) is 4.90 Å². The first kappa shape index (κ1) is 18.2. The first-order chi connectivity index (χ1) is 12.9. The van der Waals surface area contributed by atoms with E-state index < -0.39 is 10.0 Å². The Balaban J connectivity index is 1.59. The highest BCUT2D eigenvalue weighted by molar-refractivity contribution is 9.10. The maximum Gasteiger partial charge on any atom is 0.240 e. The molecule has 0 saturated carbocycles. The molecule has 1 saturated heterocycles. The largest absolute Gasteiger partial charge is 0.367 e. The Kier molecular flexibility index (Phi) is 4.79. The summed E-state index contributed by atoms with van der Waals surface area (Å²) in [5, 5.41) is 6.49. The summed E-state index contributed by atoms with van der Waals surface area (Å²) in [6.45, 7) is 3.00. The predicted molar refractivity (Wildman–Crippen MR) is 112 cm³/mol. The lowest BCUT2D eigenvalue weighted by molar-refractivity contribution is 0.595. The monoisotopic (exact) mass is 446 g/mol. The molecule has 6 nitrogen and oxygen atoms in total. The first-order valence-corrected chi connectivity index (χ1v) is 10.9. The standard InChI is InChI=1S/C19H19BrN4O2S/c20-14-5-6-15-16(13-14)22-8-7-17(15)23-9-11-24(12-10-23)18-3-1-2-4-19(18)27(21,25)26/h1-8,13H,9-12H2,(H2,21,25,26). The van der Waals surface area contributed by atoms with Crippen molar-refractivity contribution in [2.24, 2.45) is 5.14 Å². The van der Waals surface area contributed by atoms with Crippen LogP contribution in [0.2, 0.25) is 0 Å². The van der Waals surface area contributed by atoms with Crippen LogP contribution in [-0.2, 0) is 10.0 Å². The minimum absolute atomic E-state index is 0.178. The highest BCUT2D eigenvalue weighted by Crippen LogP contribution is 2.30. The van der Waals surface area contributed by atoms with Crippen LogP contribution >= 0.6 is 15.9 Å². The van der Waals surface area contributed by atoms with Gasteiger partial charge in [-0.3, -0.25) is 4.98 Å². The van der Waals surface area contributed by atoms with Crippen molar-refractivity contribution in [3.63, 3.8) is 0 Å². The first-order valence-electron chi connectivity index (χ1n) is 8.59. The average Bonchev–Trinajstić information content (AvgIpc) is 2.67. The van der Waals surface area contributed by atoms with Crippen LogP contribution in [0.1, 0.15) is 0 Å². The lowest BCUT2D eigenvalue weighted by atomic mass is 10.1. The molecular formula is C19H19BrN4O2S. The van der Waals surface area contributed by atoms with Gasteiger partial charge < -0.3 is 9.80 Å². The molecule has 4 rings (SSSR count). The summed E-state index contributed by atoms with van der Waals surface area (Å²) in [6.07, 6.45) is 1.83. The minimum atomic E-state index is -3.75. The Morgan fingerprint density at radius 1 is 0.926 bits per heavy atom. The predicted octanol–water partition coefficient (Wildman–Crippen LogP) is 2.97. The molecule has 3 aromatic rings. The van der Waals surface area contributed by atoms with Gasteiger partial charge in [0.2, 0.25) is 10.0 Å². The second-order valence-corrected chi connectivity index (χ2v) is 8.92. The zero-order valence-electron chi connectivity index (χ0n) is 14.5.